The lowest BCUT2D eigenvalue weighted by Gasteiger charge is -2.40. The van der Waals surface area contributed by atoms with E-state index in [9.17, 15) is 14.9 Å². The second-order valence-electron chi connectivity index (χ2n) is 7.25. The minimum atomic E-state index is -0.549. The van der Waals surface area contributed by atoms with Crippen molar-refractivity contribution in [2.24, 2.45) is 0 Å². The van der Waals surface area contributed by atoms with Crippen molar-refractivity contribution in [1.29, 1.82) is 0 Å². The van der Waals surface area contributed by atoms with Gasteiger partial charge in [0, 0.05) is 38.8 Å². The molecule has 0 bridgehead atoms. The van der Waals surface area contributed by atoms with Crippen LogP contribution in [0.15, 0.2) is 48.5 Å². The lowest BCUT2D eigenvalue weighted by atomic mass is 10.0. The van der Waals surface area contributed by atoms with E-state index in [1.165, 1.54) is 24.8 Å². The highest BCUT2D eigenvalue weighted by Gasteiger charge is 2.26. The van der Waals surface area contributed by atoms with Crippen LogP contribution in [-0.4, -0.2) is 67.6 Å². The number of nitrogens with zero attached hydrogens (tertiary/aromatic N) is 3. The number of urea groups is 1. The number of piperazine rings is 1. The molecule has 1 heterocycles. The van der Waals surface area contributed by atoms with E-state index >= 15 is 0 Å². The number of nitrogens with one attached hydrogen (secondary N) is 2. The van der Waals surface area contributed by atoms with Crippen LogP contribution in [0.2, 0.25) is 0 Å². The number of nitro groups is 1. The molecule has 9 nitrogen and oxygen atoms in total. The van der Waals surface area contributed by atoms with E-state index in [2.05, 4.69) is 39.6 Å². The van der Waals surface area contributed by atoms with E-state index in [4.69, 9.17) is 4.74 Å². The van der Waals surface area contributed by atoms with Gasteiger partial charge in [-0.3, -0.25) is 15.0 Å². The summed E-state index contributed by atoms with van der Waals surface area (Å²) in [6.07, 6.45) is 0. The van der Waals surface area contributed by atoms with Crippen LogP contribution in [0.4, 0.5) is 16.2 Å². The molecule has 0 saturated carbocycles. The largest absolute Gasteiger partial charge is 0.496 e. The highest BCUT2D eigenvalue weighted by molar-refractivity contribution is 5.92. The van der Waals surface area contributed by atoms with Crippen molar-refractivity contribution in [3.8, 4) is 5.75 Å². The number of amides is 2. The first kappa shape index (κ1) is 21.5. The summed E-state index contributed by atoms with van der Waals surface area (Å²) in [4.78, 5) is 27.6. The molecule has 0 aromatic heterocycles. The van der Waals surface area contributed by atoms with E-state index in [-0.39, 0.29) is 17.4 Å². The zero-order valence-corrected chi connectivity index (χ0v) is 17.2. The standard InChI is InChI=1S/C21H27N5O4/c1-24-12-13-25(20(15-24)16-6-4-3-5-7-16)11-10-22-21(27)23-18-9-8-17(30-2)14-19(18)26(28)29/h3-9,14,20H,10-13,15H2,1-2H3,(H2,22,23,27)/t20-/m0/s1. The molecule has 160 valence electrons. The van der Waals surface area contributed by atoms with Crippen molar-refractivity contribution in [1.82, 2.24) is 15.1 Å². The summed E-state index contributed by atoms with van der Waals surface area (Å²) in [7, 11) is 3.54. The van der Waals surface area contributed by atoms with Gasteiger partial charge in [-0.15, -0.1) is 0 Å². The number of benzene rings is 2. The van der Waals surface area contributed by atoms with Gasteiger partial charge >= 0.3 is 6.03 Å². The molecule has 1 fully saturated rings. The molecule has 0 spiro atoms. The zero-order valence-electron chi connectivity index (χ0n) is 17.2. The molecule has 1 saturated heterocycles. The Morgan fingerprint density at radius 2 is 2.00 bits per heavy atom. The summed E-state index contributed by atoms with van der Waals surface area (Å²) in [5, 5.41) is 16.6. The van der Waals surface area contributed by atoms with Gasteiger partial charge in [-0.1, -0.05) is 30.3 Å². The van der Waals surface area contributed by atoms with Gasteiger partial charge in [0.25, 0.3) is 5.69 Å². The van der Waals surface area contributed by atoms with Crippen LogP contribution < -0.4 is 15.4 Å². The smallest absolute Gasteiger partial charge is 0.319 e. The molecule has 0 radical (unpaired) electrons. The van der Waals surface area contributed by atoms with E-state index < -0.39 is 11.0 Å². The molecule has 30 heavy (non-hydrogen) atoms. The number of nitro benzene ring substituents is 1. The summed E-state index contributed by atoms with van der Waals surface area (Å²) in [6.45, 7) is 3.92. The van der Waals surface area contributed by atoms with Gasteiger partial charge in [0.15, 0.2) is 0 Å². The fourth-order valence-corrected chi connectivity index (χ4v) is 3.59. The van der Waals surface area contributed by atoms with Crippen LogP contribution in [0.25, 0.3) is 0 Å². The monoisotopic (exact) mass is 413 g/mol. The lowest BCUT2D eigenvalue weighted by Crippen LogP contribution is -2.49. The third-order valence-electron chi connectivity index (χ3n) is 5.21. The van der Waals surface area contributed by atoms with Crippen LogP contribution in [0, 0.1) is 10.1 Å². The first-order valence-corrected chi connectivity index (χ1v) is 9.82. The average molecular weight is 413 g/mol. The van der Waals surface area contributed by atoms with Gasteiger partial charge in [-0.25, -0.2) is 4.79 Å². The van der Waals surface area contributed by atoms with Crippen molar-refractivity contribution in [3.05, 3.63) is 64.2 Å². The molecule has 0 aliphatic carbocycles. The van der Waals surface area contributed by atoms with E-state index in [0.29, 0.717) is 18.8 Å². The van der Waals surface area contributed by atoms with Gasteiger partial charge in [0.1, 0.15) is 11.4 Å². The molecule has 2 N–H and O–H groups in total. The number of methoxy groups -OCH3 is 1. The van der Waals surface area contributed by atoms with Crippen molar-refractivity contribution in [2.45, 2.75) is 6.04 Å². The number of rotatable bonds is 7. The third kappa shape index (κ3) is 5.46. The molecule has 3 rings (SSSR count). The first-order valence-electron chi connectivity index (χ1n) is 9.82. The van der Waals surface area contributed by atoms with Crippen LogP contribution >= 0.6 is 0 Å². The highest BCUT2D eigenvalue weighted by Crippen LogP contribution is 2.29. The maximum atomic E-state index is 12.3. The molecule has 1 atom stereocenters. The van der Waals surface area contributed by atoms with Gasteiger partial charge in [-0.05, 0) is 24.7 Å². The Bertz CT molecular complexity index is 877. The Kier molecular flexibility index (Phi) is 7.21. The fraction of sp³-hybridized carbons (Fsp3) is 0.381. The van der Waals surface area contributed by atoms with Gasteiger partial charge in [0.05, 0.1) is 18.1 Å². The minimum Gasteiger partial charge on any atom is -0.496 e. The van der Waals surface area contributed by atoms with E-state index in [1.807, 2.05) is 18.2 Å². The Balaban J connectivity index is 1.57. The van der Waals surface area contributed by atoms with Crippen LogP contribution in [-0.2, 0) is 0 Å². The summed E-state index contributed by atoms with van der Waals surface area (Å²) >= 11 is 0. The molecular weight excluding hydrogens is 386 g/mol. The molecule has 2 aromatic rings. The van der Waals surface area contributed by atoms with Gasteiger partial charge < -0.3 is 20.3 Å². The SMILES string of the molecule is COc1ccc(NC(=O)NCCN2CCN(C)C[C@H]2c2ccccc2)c([N+](=O)[O-])c1. The molecule has 9 heteroatoms. The van der Waals surface area contributed by atoms with Crippen molar-refractivity contribution >= 4 is 17.4 Å². The fourth-order valence-electron chi connectivity index (χ4n) is 3.59. The molecular formula is C21H27N5O4. The number of carbonyl (C=O) groups excluding carboxylic acids is 1. The highest BCUT2D eigenvalue weighted by atomic mass is 16.6. The van der Waals surface area contributed by atoms with Crippen LogP contribution in [0.5, 0.6) is 5.75 Å². The second-order valence-corrected chi connectivity index (χ2v) is 7.25. The number of hydrogen-bond acceptors (Lipinski definition) is 6. The number of hydrogen-bond donors (Lipinski definition) is 2. The summed E-state index contributed by atoms with van der Waals surface area (Å²) in [5.41, 5.74) is 1.16. The van der Waals surface area contributed by atoms with Gasteiger partial charge in [-0.2, -0.15) is 0 Å². The topological polar surface area (TPSA) is 100.0 Å². The normalized spacial score (nSPS) is 17.3. The molecule has 0 unspecified atom stereocenters. The number of ether oxygens (including phenoxy) is 1. The first-order chi connectivity index (χ1) is 14.5. The average Bonchev–Trinajstić information content (AvgIpc) is 2.75. The van der Waals surface area contributed by atoms with Crippen LogP contribution in [0.1, 0.15) is 11.6 Å². The Morgan fingerprint density at radius 1 is 1.23 bits per heavy atom. The summed E-state index contributed by atoms with van der Waals surface area (Å²) in [5.74, 6) is 0.356. The number of anilines is 1. The van der Waals surface area contributed by atoms with Crippen LogP contribution in [0.3, 0.4) is 0 Å². The quantitative estimate of drug-likeness (QED) is 0.535. The minimum absolute atomic E-state index is 0.125. The van der Waals surface area contributed by atoms with E-state index in [1.54, 1.807) is 6.07 Å². The zero-order chi connectivity index (χ0) is 21.5. The second kappa shape index (κ2) is 10.0. The Morgan fingerprint density at radius 3 is 2.70 bits per heavy atom. The predicted molar refractivity (Wildman–Crippen MR) is 115 cm³/mol. The third-order valence-corrected chi connectivity index (χ3v) is 5.21. The summed E-state index contributed by atoms with van der Waals surface area (Å²) < 4.78 is 5.01. The molecule has 2 aromatic carbocycles. The van der Waals surface area contributed by atoms with Crippen molar-refractivity contribution < 1.29 is 14.5 Å². The molecule has 1 aliphatic rings. The molecule has 2 amide bonds. The number of likely N-dealkylation sites (N-methyl/N-ethyl adjacent to an activating group) is 1. The predicted octanol–water partition coefficient (Wildman–Crippen LogP) is 2.71. The van der Waals surface area contributed by atoms with Gasteiger partial charge in [0.2, 0.25) is 0 Å². The maximum absolute atomic E-state index is 12.3. The summed E-state index contributed by atoms with van der Waals surface area (Å²) in [6, 6.07) is 14.4. The number of carbonyl (C=O) groups is 1. The Hall–Kier alpha value is -3.17. The lowest BCUT2D eigenvalue weighted by molar-refractivity contribution is -0.384. The Labute approximate surface area is 175 Å². The maximum Gasteiger partial charge on any atom is 0.319 e. The van der Waals surface area contributed by atoms with Crippen molar-refractivity contribution in [3.63, 3.8) is 0 Å². The van der Waals surface area contributed by atoms with Crippen molar-refractivity contribution in [2.75, 3.05) is 52.2 Å². The molecule has 1 aliphatic heterocycles. The van der Waals surface area contributed by atoms with E-state index in [0.717, 1.165) is 19.6 Å².